The normalized spacial score (nSPS) is 11.1. The van der Waals surface area contributed by atoms with Crippen LogP contribution in [0.2, 0.25) is 0 Å². The zero-order chi connectivity index (χ0) is 19.6. The van der Waals surface area contributed by atoms with Crippen LogP contribution in [0.4, 0.5) is 0 Å². The first-order valence-electron chi connectivity index (χ1n) is 10.8. The highest BCUT2D eigenvalue weighted by atomic mass is 16.3. The third-order valence-corrected chi connectivity index (χ3v) is 4.78. The van der Waals surface area contributed by atoms with E-state index in [1.807, 2.05) is 6.07 Å². The monoisotopic (exact) mass is 374 g/mol. The predicted molar refractivity (Wildman–Crippen MR) is 114 cm³/mol. The van der Waals surface area contributed by atoms with Gasteiger partial charge in [0.15, 0.2) is 0 Å². The molecule has 1 aromatic rings. The van der Waals surface area contributed by atoms with E-state index < -0.39 is 0 Å². The zero-order valence-corrected chi connectivity index (χ0v) is 17.1. The van der Waals surface area contributed by atoms with Gasteiger partial charge in [-0.2, -0.15) is 5.10 Å². The van der Waals surface area contributed by atoms with E-state index >= 15 is 0 Å². The van der Waals surface area contributed by atoms with Crippen LogP contribution in [0.25, 0.3) is 0 Å². The summed E-state index contributed by atoms with van der Waals surface area (Å²) in [6.45, 7) is 2.26. The Morgan fingerprint density at radius 2 is 1.48 bits per heavy atom. The molecule has 1 rings (SSSR count). The summed E-state index contributed by atoms with van der Waals surface area (Å²) in [6.07, 6.45) is 19.0. The molecule has 0 unspecified atom stereocenters. The molecule has 0 fully saturated rings. The lowest BCUT2D eigenvalue weighted by molar-refractivity contribution is -0.121. The summed E-state index contributed by atoms with van der Waals surface area (Å²) in [7, 11) is 0. The van der Waals surface area contributed by atoms with Crippen LogP contribution < -0.4 is 5.43 Å². The van der Waals surface area contributed by atoms with Crippen molar-refractivity contribution in [3.63, 3.8) is 0 Å². The molecule has 0 atom stereocenters. The van der Waals surface area contributed by atoms with Gasteiger partial charge >= 0.3 is 0 Å². The molecule has 0 saturated carbocycles. The standard InChI is InChI=1S/C23H38N2O2/c1-2-3-4-5-6-7-8-9-10-11-12-13-14-18-23(27)25-24-20-21-16-15-17-22(26)19-21/h15-17,19-20,26H,2-14,18H2,1H3,(H,25,27). The van der Waals surface area contributed by atoms with Crippen LogP contribution >= 0.6 is 0 Å². The number of amides is 1. The van der Waals surface area contributed by atoms with Crippen molar-refractivity contribution in [1.82, 2.24) is 5.43 Å². The van der Waals surface area contributed by atoms with Crippen molar-refractivity contribution in [2.45, 2.75) is 96.8 Å². The van der Waals surface area contributed by atoms with E-state index in [-0.39, 0.29) is 11.7 Å². The van der Waals surface area contributed by atoms with E-state index in [2.05, 4.69) is 17.5 Å². The van der Waals surface area contributed by atoms with Crippen molar-refractivity contribution >= 4 is 12.1 Å². The van der Waals surface area contributed by atoms with Crippen LogP contribution in [-0.4, -0.2) is 17.2 Å². The average Bonchev–Trinajstić information content (AvgIpc) is 2.65. The van der Waals surface area contributed by atoms with Gasteiger partial charge in [-0.05, 0) is 24.1 Å². The van der Waals surface area contributed by atoms with Crippen LogP contribution in [0.5, 0.6) is 5.75 Å². The van der Waals surface area contributed by atoms with Gasteiger partial charge in [0, 0.05) is 6.42 Å². The van der Waals surface area contributed by atoms with E-state index in [0.717, 1.165) is 18.4 Å². The number of carbonyl (C=O) groups excluding carboxylic acids is 1. The summed E-state index contributed by atoms with van der Waals surface area (Å²) in [6, 6.07) is 6.76. The minimum absolute atomic E-state index is 0.0468. The number of carbonyl (C=O) groups is 1. The number of nitrogens with zero attached hydrogens (tertiary/aromatic N) is 1. The van der Waals surface area contributed by atoms with Crippen LogP contribution in [-0.2, 0) is 4.79 Å². The quantitative estimate of drug-likeness (QED) is 0.202. The van der Waals surface area contributed by atoms with Crippen molar-refractivity contribution in [2.75, 3.05) is 0 Å². The molecule has 0 aromatic heterocycles. The summed E-state index contributed by atoms with van der Waals surface area (Å²) in [4.78, 5) is 11.7. The van der Waals surface area contributed by atoms with Crippen LogP contribution in [0, 0.1) is 0 Å². The van der Waals surface area contributed by atoms with Gasteiger partial charge in [0.25, 0.3) is 0 Å². The number of hydrogen-bond donors (Lipinski definition) is 2. The Morgan fingerprint density at radius 3 is 2.04 bits per heavy atom. The molecule has 0 aliphatic rings. The molecular formula is C23H38N2O2. The Labute approximate surface area is 165 Å². The number of aromatic hydroxyl groups is 1. The Kier molecular flexibility index (Phi) is 14.0. The second-order valence-corrected chi connectivity index (χ2v) is 7.38. The molecule has 4 heteroatoms. The van der Waals surface area contributed by atoms with E-state index in [1.165, 1.54) is 70.6 Å². The van der Waals surface area contributed by atoms with Crippen molar-refractivity contribution < 1.29 is 9.90 Å². The van der Waals surface area contributed by atoms with Crippen LogP contribution in [0.3, 0.4) is 0 Å². The highest BCUT2D eigenvalue weighted by Crippen LogP contribution is 2.13. The first-order chi connectivity index (χ1) is 13.2. The van der Waals surface area contributed by atoms with Crippen molar-refractivity contribution in [1.29, 1.82) is 0 Å². The molecule has 0 aliphatic heterocycles. The number of hydrazone groups is 1. The van der Waals surface area contributed by atoms with Gasteiger partial charge in [-0.1, -0.05) is 96.1 Å². The topological polar surface area (TPSA) is 61.7 Å². The largest absolute Gasteiger partial charge is 0.508 e. The molecule has 4 nitrogen and oxygen atoms in total. The second kappa shape index (κ2) is 16.3. The van der Waals surface area contributed by atoms with Gasteiger partial charge in [0.1, 0.15) is 5.75 Å². The number of phenolic OH excluding ortho intramolecular Hbond substituents is 1. The van der Waals surface area contributed by atoms with Gasteiger partial charge in [-0.15, -0.1) is 0 Å². The van der Waals surface area contributed by atoms with E-state index in [9.17, 15) is 9.90 Å². The molecule has 27 heavy (non-hydrogen) atoms. The molecular weight excluding hydrogens is 336 g/mol. The van der Waals surface area contributed by atoms with Crippen LogP contribution in [0.1, 0.15) is 102 Å². The first kappa shape index (κ1) is 23.2. The van der Waals surface area contributed by atoms with Gasteiger partial charge in [0.2, 0.25) is 5.91 Å². The Morgan fingerprint density at radius 1 is 0.926 bits per heavy atom. The Hall–Kier alpha value is -1.84. The number of unbranched alkanes of at least 4 members (excludes halogenated alkanes) is 12. The average molecular weight is 375 g/mol. The highest BCUT2D eigenvalue weighted by molar-refractivity contribution is 5.82. The van der Waals surface area contributed by atoms with Crippen LogP contribution in [0.15, 0.2) is 29.4 Å². The number of rotatable bonds is 16. The number of hydrogen-bond acceptors (Lipinski definition) is 3. The molecule has 1 aromatic carbocycles. The molecule has 0 heterocycles. The van der Waals surface area contributed by atoms with E-state index in [1.54, 1.807) is 24.4 Å². The van der Waals surface area contributed by atoms with Gasteiger partial charge < -0.3 is 5.11 Å². The lowest BCUT2D eigenvalue weighted by Crippen LogP contribution is -2.16. The SMILES string of the molecule is CCCCCCCCCCCCCCCC(=O)NN=Cc1cccc(O)c1. The number of benzene rings is 1. The molecule has 0 bridgehead atoms. The Bertz CT molecular complexity index is 529. The zero-order valence-electron chi connectivity index (χ0n) is 17.1. The third kappa shape index (κ3) is 14.0. The fourth-order valence-electron chi connectivity index (χ4n) is 3.14. The molecule has 0 spiro atoms. The Balaban J connectivity index is 1.88. The lowest BCUT2D eigenvalue weighted by Gasteiger charge is -2.03. The van der Waals surface area contributed by atoms with Crippen molar-refractivity contribution in [2.24, 2.45) is 5.10 Å². The summed E-state index contributed by atoms with van der Waals surface area (Å²) in [5, 5.41) is 13.3. The van der Waals surface area contributed by atoms with Crippen molar-refractivity contribution in [3.05, 3.63) is 29.8 Å². The molecule has 2 N–H and O–H groups in total. The molecule has 0 saturated heterocycles. The fourth-order valence-corrected chi connectivity index (χ4v) is 3.14. The lowest BCUT2D eigenvalue weighted by atomic mass is 10.0. The summed E-state index contributed by atoms with van der Waals surface area (Å²) in [5.41, 5.74) is 3.30. The summed E-state index contributed by atoms with van der Waals surface area (Å²) < 4.78 is 0. The second-order valence-electron chi connectivity index (χ2n) is 7.38. The molecule has 1 amide bonds. The predicted octanol–water partition coefficient (Wildman–Crippen LogP) is 6.32. The fraction of sp³-hybridized carbons (Fsp3) is 0.652. The summed E-state index contributed by atoms with van der Waals surface area (Å²) >= 11 is 0. The van der Waals surface area contributed by atoms with Gasteiger partial charge in [-0.25, -0.2) is 5.43 Å². The van der Waals surface area contributed by atoms with E-state index in [0.29, 0.717) is 6.42 Å². The number of phenols is 1. The highest BCUT2D eigenvalue weighted by Gasteiger charge is 1.99. The first-order valence-corrected chi connectivity index (χ1v) is 10.8. The molecule has 152 valence electrons. The van der Waals surface area contributed by atoms with Gasteiger partial charge in [0.05, 0.1) is 6.21 Å². The molecule has 0 aliphatic carbocycles. The maximum absolute atomic E-state index is 11.7. The maximum atomic E-state index is 11.7. The summed E-state index contributed by atoms with van der Waals surface area (Å²) in [5.74, 6) is 0.145. The smallest absolute Gasteiger partial charge is 0.240 e. The van der Waals surface area contributed by atoms with Gasteiger partial charge in [-0.3, -0.25) is 4.79 Å². The minimum atomic E-state index is -0.0468. The third-order valence-electron chi connectivity index (χ3n) is 4.78. The maximum Gasteiger partial charge on any atom is 0.240 e. The van der Waals surface area contributed by atoms with Crippen molar-refractivity contribution in [3.8, 4) is 5.75 Å². The number of nitrogens with one attached hydrogen (secondary N) is 1. The molecule has 0 radical (unpaired) electrons. The van der Waals surface area contributed by atoms with E-state index in [4.69, 9.17) is 0 Å². The minimum Gasteiger partial charge on any atom is -0.508 e.